The molecule has 4 aromatic rings. The number of hydrogen-bond donors (Lipinski definition) is 1. The highest BCUT2D eigenvalue weighted by atomic mass is 32.2. The van der Waals surface area contributed by atoms with Gasteiger partial charge in [0.1, 0.15) is 12.6 Å². The zero-order valence-electron chi connectivity index (χ0n) is 26.6. The Hall–Kier alpha value is -4.43. The van der Waals surface area contributed by atoms with E-state index in [1.807, 2.05) is 81.4 Å². The zero-order chi connectivity index (χ0) is 32.4. The van der Waals surface area contributed by atoms with Crippen molar-refractivity contribution < 1.29 is 18.0 Å². The molecule has 4 rings (SSSR count). The van der Waals surface area contributed by atoms with Gasteiger partial charge in [0.15, 0.2) is 0 Å². The first-order valence-corrected chi connectivity index (χ1v) is 16.8. The second-order valence-electron chi connectivity index (χ2n) is 11.5. The molecule has 1 N–H and O–H groups in total. The van der Waals surface area contributed by atoms with Crippen LogP contribution < -0.4 is 9.62 Å². The van der Waals surface area contributed by atoms with Crippen LogP contribution in [0.25, 0.3) is 0 Å². The highest BCUT2D eigenvalue weighted by Gasteiger charge is 2.34. The minimum atomic E-state index is -4.13. The maximum Gasteiger partial charge on any atom is 0.264 e. The first-order valence-electron chi connectivity index (χ1n) is 15.4. The van der Waals surface area contributed by atoms with E-state index in [0.29, 0.717) is 12.2 Å². The third kappa shape index (κ3) is 9.05. The molecule has 0 saturated heterocycles. The molecule has 8 heteroatoms. The standard InChI is InChI=1S/C37H43N3O4S/c1-5-6-20-38-37(42)35(25-31-15-9-7-10-16-31)39(26-32-17-13-14-28(2)22-32)36(41)27-40(33-23-29(3)21-30(4)24-33)45(43,44)34-18-11-8-12-19-34/h7-19,21-24,35H,5-6,20,25-27H2,1-4H3,(H,38,42)/t35-/m1/s1. The molecule has 0 spiro atoms. The van der Waals surface area contributed by atoms with E-state index in [0.717, 1.165) is 40.7 Å². The Morgan fingerprint density at radius 1 is 0.756 bits per heavy atom. The summed E-state index contributed by atoms with van der Waals surface area (Å²) < 4.78 is 29.5. The van der Waals surface area contributed by atoms with Crippen LogP contribution in [0.3, 0.4) is 0 Å². The van der Waals surface area contributed by atoms with Crippen molar-refractivity contribution in [1.82, 2.24) is 10.2 Å². The summed E-state index contributed by atoms with van der Waals surface area (Å²) in [4.78, 5) is 30.0. The lowest BCUT2D eigenvalue weighted by atomic mass is 10.0. The van der Waals surface area contributed by atoms with E-state index in [1.54, 1.807) is 35.2 Å². The molecule has 0 aromatic heterocycles. The lowest BCUT2D eigenvalue weighted by Gasteiger charge is -2.34. The number of hydrogen-bond acceptors (Lipinski definition) is 4. The van der Waals surface area contributed by atoms with Gasteiger partial charge in [-0.25, -0.2) is 8.42 Å². The normalized spacial score (nSPS) is 11.9. The predicted octanol–water partition coefficient (Wildman–Crippen LogP) is 6.36. The number of sulfonamides is 1. The second kappa shape index (κ2) is 15.5. The molecular formula is C37H43N3O4S. The Morgan fingerprint density at radius 2 is 1.38 bits per heavy atom. The molecule has 0 fully saturated rings. The van der Waals surface area contributed by atoms with Crippen LogP contribution in [0.15, 0.2) is 108 Å². The van der Waals surface area contributed by atoms with Gasteiger partial charge in [-0.2, -0.15) is 0 Å². The Bertz CT molecular complexity index is 1670. The van der Waals surface area contributed by atoms with E-state index in [-0.39, 0.29) is 23.8 Å². The summed E-state index contributed by atoms with van der Waals surface area (Å²) in [5.41, 5.74) is 4.92. The van der Waals surface area contributed by atoms with Crippen molar-refractivity contribution in [2.75, 3.05) is 17.4 Å². The van der Waals surface area contributed by atoms with E-state index >= 15 is 0 Å². The summed E-state index contributed by atoms with van der Waals surface area (Å²) >= 11 is 0. The van der Waals surface area contributed by atoms with E-state index in [9.17, 15) is 18.0 Å². The summed E-state index contributed by atoms with van der Waals surface area (Å²) in [6, 6.07) is 30.1. The summed E-state index contributed by atoms with van der Waals surface area (Å²) in [7, 11) is -4.13. The fraction of sp³-hybridized carbons (Fsp3) is 0.297. The van der Waals surface area contributed by atoms with Gasteiger partial charge in [0.25, 0.3) is 10.0 Å². The minimum Gasteiger partial charge on any atom is -0.354 e. The van der Waals surface area contributed by atoms with Crippen LogP contribution in [0.2, 0.25) is 0 Å². The first-order chi connectivity index (χ1) is 21.6. The third-order valence-electron chi connectivity index (χ3n) is 7.64. The molecule has 0 aliphatic heterocycles. The van der Waals surface area contributed by atoms with Gasteiger partial charge in [-0.3, -0.25) is 13.9 Å². The van der Waals surface area contributed by atoms with Crippen molar-refractivity contribution in [2.45, 2.75) is 64.4 Å². The number of carbonyl (C=O) groups is 2. The number of amides is 2. The molecule has 0 heterocycles. The molecule has 45 heavy (non-hydrogen) atoms. The Morgan fingerprint density at radius 3 is 2.00 bits per heavy atom. The largest absolute Gasteiger partial charge is 0.354 e. The summed E-state index contributed by atoms with van der Waals surface area (Å²) in [6.07, 6.45) is 2.01. The van der Waals surface area contributed by atoms with Crippen LogP contribution in [0.4, 0.5) is 5.69 Å². The lowest BCUT2D eigenvalue weighted by Crippen LogP contribution is -2.53. The van der Waals surface area contributed by atoms with Crippen molar-refractivity contribution in [2.24, 2.45) is 0 Å². The van der Waals surface area contributed by atoms with E-state index in [4.69, 9.17) is 0 Å². The molecule has 4 aromatic carbocycles. The molecular weight excluding hydrogens is 582 g/mol. The Kier molecular flexibility index (Phi) is 11.5. The van der Waals surface area contributed by atoms with Crippen molar-refractivity contribution >= 4 is 27.5 Å². The molecule has 1 atom stereocenters. The molecule has 0 aliphatic carbocycles. The number of anilines is 1. The summed E-state index contributed by atoms with van der Waals surface area (Å²) in [5, 5.41) is 3.03. The number of carbonyl (C=O) groups excluding carboxylic acids is 2. The van der Waals surface area contributed by atoms with Crippen LogP contribution in [0.5, 0.6) is 0 Å². The van der Waals surface area contributed by atoms with Crippen molar-refractivity contribution in [1.29, 1.82) is 0 Å². The number of aryl methyl sites for hydroxylation is 3. The van der Waals surface area contributed by atoms with Crippen LogP contribution in [0, 0.1) is 20.8 Å². The summed E-state index contributed by atoms with van der Waals surface area (Å²) in [5.74, 6) is -0.737. The number of rotatable bonds is 14. The molecule has 0 radical (unpaired) electrons. The SMILES string of the molecule is CCCCNC(=O)[C@@H](Cc1ccccc1)N(Cc1cccc(C)c1)C(=O)CN(c1cc(C)cc(C)c1)S(=O)(=O)c1ccccc1. The fourth-order valence-corrected chi connectivity index (χ4v) is 6.83. The minimum absolute atomic E-state index is 0.0836. The second-order valence-corrected chi connectivity index (χ2v) is 13.4. The van der Waals surface area contributed by atoms with E-state index in [2.05, 4.69) is 12.2 Å². The topological polar surface area (TPSA) is 86.8 Å². The molecule has 2 amide bonds. The highest BCUT2D eigenvalue weighted by molar-refractivity contribution is 7.92. The first kappa shape index (κ1) is 33.5. The molecule has 0 aliphatic rings. The van der Waals surface area contributed by atoms with Crippen LogP contribution in [-0.2, 0) is 32.6 Å². The van der Waals surface area contributed by atoms with Gasteiger partial charge in [-0.1, -0.05) is 97.8 Å². The highest BCUT2D eigenvalue weighted by Crippen LogP contribution is 2.27. The summed E-state index contributed by atoms with van der Waals surface area (Å²) in [6.45, 7) is 7.98. The number of benzene rings is 4. The molecule has 0 bridgehead atoms. The van der Waals surface area contributed by atoms with Gasteiger partial charge in [0.2, 0.25) is 11.8 Å². The monoisotopic (exact) mass is 625 g/mol. The van der Waals surface area contributed by atoms with Gasteiger partial charge >= 0.3 is 0 Å². The molecule has 0 saturated carbocycles. The molecule has 236 valence electrons. The van der Waals surface area contributed by atoms with E-state index < -0.39 is 28.5 Å². The van der Waals surface area contributed by atoms with Gasteiger partial charge in [-0.05, 0) is 73.7 Å². The van der Waals surface area contributed by atoms with E-state index in [1.165, 1.54) is 16.4 Å². The number of nitrogens with zero attached hydrogens (tertiary/aromatic N) is 2. The maximum atomic E-state index is 14.6. The lowest BCUT2D eigenvalue weighted by molar-refractivity contribution is -0.140. The number of unbranched alkanes of at least 4 members (excludes halogenated alkanes) is 1. The molecule has 7 nitrogen and oxygen atoms in total. The third-order valence-corrected chi connectivity index (χ3v) is 9.43. The molecule has 0 unspecified atom stereocenters. The average Bonchev–Trinajstić information content (AvgIpc) is 3.02. The maximum absolute atomic E-state index is 14.6. The van der Waals surface area contributed by atoms with Crippen LogP contribution >= 0.6 is 0 Å². The van der Waals surface area contributed by atoms with Crippen molar-refractivity contribution in [3.63, 3.8) is 0 Å². The van der Waals surface area contributed by atoms with Crippen molar-refractivity contribution in [3.8, 4) is 0 Å². The Balaban J connectivity index is 1.81. The Labute approximate surface area is 268 Å². The van der Waals surface area contributed by atoms with Gasteiger partial charge in [0.05, 0.1) is 10.6 Å². The smallest absolute Gasteiger partial charge is 0.264 e. The van der Waals surface area contributed by atoms with Gasteiger partial charge < -0.3 is 10.2 Å². The fourth-order valence-electron chi connectivity index (χ4n) is 5.41. The number of nitrogens with one attached hydrogen (secondary N) is 1. The van der Waals surface area contributed by atoms with Gasteiger partial charge in [-0.15, -0.1) is 0 Å². The average molecular weight is 626 g/mol. The zero-order valence-corrected chi connectivity index (χ0v) is 27.4. The van der Waals surface area contributed by atoms with Crippen LogP contribution in [-0.4, -0.2) is 44.3 Å². The van der Waals surface area contributed by atoms with Gasteiger partial charge in [0, 0.05) is 19.5 Å². The van der Waals surface area contributed by atoms with Crippen molar-refractivity contribution in [3.05, 3.63) is 131 Å². The van der Waals surface area contributed by atoms with Crippen LogP contribution in [0.1, 0.15) is 47.6 Å². The predicted molar refractivity (Wildman–Crippen MR) is 180 cm³/mol. The quantitative estimate of drug-likeness (QED) is 0.165.